The van der Waals surface area contributed by atoms with Crippen LogP contribution in [0.15, 0.2) is 30.9 Å². The van der Waals surface area contributed by atoms with Crippen LogP contribution in [0.3, 0.4) is 0 Å². The number of benzene rings is 1. The van der Waals surface area contributed by atoms with Gasteiger partial charge < -0.3 is 20.5 Å². The van der Waals surface area contributed by atoms with Crippen LogP contribution in [0.5, 0.6) is 5.75 Å². The Balaban J connectivity index is 3.09. The van der Waals surface area contributed by atoms with Crippen LogP contribution < -0.4 is 10.5 Å². The molecule has 0 aliphatic heterocycles. The highest BCUT2D eigenvalue weighted by Gasteiger charge is 2.19. The van der Waals surface area contributed by atoms with Crippen LogP contribution in [-0.4, -0.2) is 42.2 Å². The molecule has 0 atom stereocenters. The van der Waals surface area contributed by atoms with Gasteiger partial charge in [0.25, 0.3) is 5.91 Å². The molecule has 3 N–H and O–H groups in total. The number of amides is 1. The molecular formula is C14H20N2O3. The summed E-state index contributed by atoms with van der Waals surface area (Å²) >= 11 is 0. The molecule has 0 radical (unpaired) electrons. The summed E-state index contributed by atoms with van der Waals surface area (Å²) in [6.45, 7) is 6.36. The second-order valence-corrected chi connectivity index (χ2v) is 3.92. The third kappa shape index (κ3) is 3.72. The van der Waals surface area contributed by atoms with Gasteiger partial charge in [-0.15, -0.1) is 6.58 Å². The van der Waals surface area contributed by atoms with Crippen LogP contribution in [0.2, 0.25) is 0 Å². The van der Waals surface area contributed by atoms with Gasteiger partial charge in [0.05, 0.1) is 24.5 Å². The third-order valence-corrected chi connectivity index (χ3v) is 2.57. The molecule has 19 heavy (non-hydrogen) atoms. The van der Waals surface area contributed by atoms with Crippen molar-refractivity contribution in [2.75, 3.05) is 32.0 Å². The second-order valence-electron chi connectivity index (χ2n) is 3.92. The van der Waals surface area contributed by atoms with Gasteiger partial charge in [-0.05, 0) is 19.1 Å². The van der Waals surface area contributed by atoms with Crippen molar-refractivity contribution in [1.29, 1.82) is 0 Å². The minimum Gasteiger partial charge on any atom is -0.491 e. The highest BCUT2D eigenvalue weighted by Crippen LogP contribution is 2.27. The minimum absolute atomic E-state index is 0.105. The summed E-state index contributed by atoms with van der Waals surface area (Å²) in [5.41, 5.74) is 6.65. The van der Waals surface area contributed by atoms with Gasteiger partial charge in [-0.25, -0.2) is 0 Å². The number of anilines is 1. The molecule has 0 spiro atoms. The van der Waals surface area contributed by atoms with Gasteiger partial charge in [0.1, 0.15) is 0 Å². The Morgan fingerprint density at radius 3 is 2.89 bits per heavy atom. The van der Waals surface area contributed by atoms with Crippen molar-refractivity contribution in [3.63, 3.8) is 0 Å². The number of aliphatic hydroxyl groups is 1. The maximum absolute atomic E-state index is 12.4. The molecule has 104 valence electrons. The number of nitrogens with zero attached hydrogens (tertiary/aromatic N) is 1. The number of carbonyl (C=O) groups is 1. The Hall–Kier alpha value is -2.01. The predicted octanol–water partition coefficient (Wildman–Crippen LogP) is 1.29. The number of nitrogens with two attached hydrogens (primary N) is 1. The van der Waals surface area contributed by atoms with Crippen LogP contribution in [0.25, 0.3) is 0 Å². The van der Waals surface area contributed by atoms with E-state index in [1.54, 1.807) is 24.3 Å². The number of hydrogen-bond acceptors (Lipinski definition) is 4. The lowest BCUT2D eigenvalue weighted by Crippen LogP contribution is -2.34. The van der Waals surface area contributed by atoms with E-state index in [1.165, 1.54) is 4.90 Å². The van der Waals surface area contributed by atoms with Crippen LogP contribution in [0.4, 0.5) is 5.69 Å². The summed E-state index contributed by atoms with van der Waals surface area (Å²) in [5.74, 6) is 0.159. The highest BCUT2D eigenvalue weighted by molar-refractivity contribution is 5.98. The number of aliphatic hydroxyl groups excluding tert-OH is 1. The first-order valence-electron chi connectivity index (χ1n) is 6.18. The van der Waals surface area contributed by atoms with Gasteiger partial charge in [-0.1, -0.05) is 12.1 Å². The van der Waals surface area contributed by atoms with E-state index in [0.29, 0.717) is 30.2 Å². The summed E-state index contributed by atoms with van der Waals surface area (Å²) < 4.78 is 5.43. The zero-order valence-corrected chi connectivity index (χ0v) is 11.1. The number of para-hydroxylation sites is 1. The van der Waals surface area contributed by atoms with Gasteiger partial charge in [0.2, 0.25) is 0 Å². The van der Waals surface area contributed by atoms with E-state index < -0.39 is 0 Å². The molecule has 0 heterocycles. The zero-order valence-electron chi connectivity index (χ0n) is 11.1. The van der Waals surface area contributed by atoms with E-state index in [1.807, 2.05) is 6.92 Å². The summed E-state index contributed by atoms with van der Waals surface area (Å²) in [6.07, 6.45) is 1.61. The number of ether oxygens (including phenoxy) is 1. The molecular weight excluding hydrogens is 244 g/mol. The van der Waals surface area contributed by atoms with Gasteiger partial charge in [-0.3, -0.25) is 4.79 Å². The molecule has 5 heteroatoms. The van der Waals surface area contributed by atoms with Gasteiger partial charge in [0.15, 0.2) is 5.75 Å². The summed E-state index contributed by atoms with van der Waals surface area (Å²) in [4.78, 5) is 13.9. The van der Waals surface area contributed by atoms with Gasteiger partial charge in [0, 0.05) is 13.1 Å². The standard InChI is InChI=1S/C14H20N2O3/c1-3-8-16(9-10-17)14(18)11-6-5-7-12(15)13(11)19-4-2/h3,5-7,17H,1,4,8-10,15H2,2H3. The molecule has 0 saturated carbocycles. The summed E-state index contributed by atoms with van der Waals surface area (Å²) in [6, 6.07) is 5.05. The maximum atomic E-state index is 12.4. The molecule has 1 amide bonds. The van der Waals surface area contributed by atoms with E-state index in [9.17, 15) is 4.79 Å². The fourth-order valence-corrected chi connectivity index (χ4v) is 1.75. The minimum atomic E-state index is -0.232. The van der Waals surface area contributed by atoms with E-state index in [4.69, 9.17) is 15.6 Å². The van der Waals surface area contributed by atoms with Crippen molar-refractivity contribution in [2.45, 2.75) is 6.92 Å². The van der Waals surface area contributed by atoms with E-state index in [0.717, 1.165) is 0 Å². The normalized spacial score (nSPS) is 10.0. The number of rotatable bonds is 7. The quantitative estimate of drug-likeness (QED) is 0.574. The van der Waals surface area contributed by atoms with E-state index >= 15 is 0 Å². The zero-order chi connectivity index (χ0) is 14.3. The molecule has 1 aromatic carbocycles. The number of nitrogen functional groups attached to an aromatic ring is 1. The first-order chi connectivity index (χ1) is 9.15. The molecule has 0 saturated heterocycles. The Kier molecular flexibility index (Phi) is 5.89. The number of carbonyl (C=O) groups excluding carboxylic acids is 1. The summed E-state index contributed by atoms with van der Waals surface area (Å²) in [5, 5.41) is 9.00. The smallest absolute Gasteiger partial charge is 0.258 e. The van der Waals surface area contributed by atoms with Crippen LogP contribution >= 0.6 is 0 Å². The lowest BCUT2D eigenvalue weighted by atomic mass is 10.1. The third-order valence-electron chi connectivity index (χ3n) is 2.57. The Morgan fingerprint density at radius 1 is 1.58 bits per heavy atom. The van der Waals surface area contributed by atoms with Crippen LogP contribution in [0, 0.1) is 0 Å². The van der Waals surface area contributed by atoms with Crippen molar-refractivity contribution >= 4 is 11.6 Å². The Morgan fingerprint density at radius 2 is 2.32 bits per heavy atom. The number of hydrogen-bond donors (Lipinski definition) is 2. The molecule has 0 fully saturated rings. The maximum Gasteiger partial charge on any atom is 0.258 e. The molecule has 0 aliphatic carbocycles. The van der Waals surface area contributed by atoms with Gasteiger partial charge in [-0.2, -0.15) is 0 Å². The van der Waals surface area contributed by atoms with Crippen molar-refractivity contribution in [3.05, 3.63) is 36.4 Å². The Bertz CT molecular complexity index is 446. The van der Waals surface area contributed by atoms with Crippen molar-refractivity contribution in [2.24, 2.45) is 0 Å². The van der Waals surface area contributed by atoms with Gasteiger partial charge >= 0.3 is 0 Å². The van der Waals surface area contributed by atoms with Crippen LogP contribution in [0.1, 0.15) is 17.3 Å². The fourth-order valence-electron chi connectivity index (χ4n) is 1.75. The topological polar surface area (TPSA) is 75.8 Å². The second kappa shape index (κ2) is 7.43. The SMILES string of the molecule is C=CCN(CCO)C(=O)c1cccc(N)c1OCC. The van der Waals surface area contributed by atoms with Crippen molar-refractivity contribution < 1.29 is 14.6 Å². The molecule has 5 nitrogen and oxygen atoms in total. The van der Waals surface area contributed by atoms with E-state index in [-0.39, 0.29) is 19.1 Å². The summed E-state index contributed by atoms with van der Waals surface area (Å²) in [7, 11) is 0. The highest BCUT2D eigenvalue weighted by atomic mass is 16.5. The van der Waals surface area contributed by atoms with Crippen LogP contribution in [-0.2, 0) is 0 Å². The first-order valence-corrected chi connectivity index (χ1v) is 6.18. The first kappa shape index (κ1) is 15.0. The predicted molar refractivity (Wildman–Crippen MR) is 75.2 cm³/mol. The van der Waals surface area contributed by atoms with E-state index in [2.05, 4.69) is 6.58 Å². The molecule has 0 aromatic heterocycles. The van der Waals surface area contributed by atoms with Crippen molar-refractivity contribution in [1.82, 2.24) is 4.90 Å². The average Bonchev–Trinajstić information content (AvgIpc) is 2.40. The molecule has 0 aliphatic rings. The fraction of sp³-hybridized carbons (Fsp3) is 0.357. The molecule has 1 aromatic rings. The average molecular weight is 264 g/mol. The molecule has 0 unspecified atom stereocenters. The largest absolute Gasteiger partial charge is 0.491 e. The molecule has 1 rings (SSSR count). The lowest BCUT2D eigenvalue weighted by molar-refractivity contribution is 0.0739. The lowest BCUT2D eigenvalue weighted by Gasteiger charge is -2.22. The van der Waals surface area contributed by atoms with Crippen molar-refractivity contribution in [3.8, 4) is 5.75 Å². The molecule has 0 bridgehead atoms. The Labute approximate surface area is 113 Å². The monoisotopic (exact) mass is 264 g/mol.